The number of unbranched alkanes of at least 4 members (excludes halogenated alkanes) is 31. The minimum Gasteiger partial charge on any atom is -0.353 e. The maximum Gasteiger partial charge on any atom is 0.243 e. The van der Waals surface area contributed by atoms with Crippen LogP contribution in [0.15, 0.2) is 24.3 Å². The highest BCUT2D eigenvalue weighted by Crippen LogP contribution is 2.15. The molecular weight excluding hydrogens is 588 g/mol. The van der Waals surface area contributed by atoms with E-state index in [1.165, 1.54) is 193 Å². The molecule has 0 saturated carbocycles. The van der Waals surface area contributed by atoms with E-state index >= 15 is 0 Å². The smallest absolute Gasteiger partial charge is 0.243 e. The first-order valence-electron chi connectivity index (χ1n) is 21.6. The Balaban J connectivity index is 3.35. The molecule has 4 heteroatoms. The van der Waals surface area contributed by atoms with Crippen molar-refractivity contribution in [3.8, 4) is 0 Å². The summed E-state index contributed by atoms with van der Waals surface area (Å²) in [7, 11) is 0. The Morgan fingerprint density at radius 1 is 0.333 bits per heavy atom. The maximum absolute atomic E-state index is 12.0. The fourth-order valence-corrected chi connectivity index (χ4v) is 6.44. The molecule has 0 unspecified atom stereocenters. The van der Waals surface area contributed by atoms with Crippen LogP contribution >= 0.6 is 0 Å². The molecule has 0 atom stereocenters. The quantitative estimate of drug-likeness (QED) is 0.0504. The van der Waals surface area contributed by atoms with Gasteiger partial charge in [0.25, 0.3) is 0 Å². The molecule has 282 valence electrons. The van der Waals surface area contributed by atoms with Gasteiger partial charge in [0.05, 0.1) is 0 Å². The largest absolute Gasteiger partial charge is 0.353 e. The van der Waals surface area contributed by atoms with E-state index in [4.69, 9.17) is 0 Å². The van der Waals surface area contributed by atoms with Crippen molar-refractivity contribution in [2.75, 3.05) is 13.1 Å². The van der Waals surface area contributed by atoms with Crippen LogP contribution < -0.4 is 10.6 Å². The Kier molecular flexibility index (Phi) is 40.2. The molecule has 0 rings (SSSR count). The molecule has 0 fully saturated rings. The predicted molar refractivity (Wildman–Crippen MR) is 213 cm³/mol. The first-order valence-corrected chi connectivity index (χ1v) is 21.6. The number of allylic oxidation sites excluding steroid dienone is 2. The summed E-state index contributed by atoms with van der Waals surface area (Å²) in [5.41, 5.74) is 0. The minimum atomic E-state index is 0.00160. The Morgan fingerprint density at radius 3 is 0.812 bits per heavy atom. The Labute approximate surface area is 300 Å². The van der Waals surface area contributed by atoms with Gasteiger partial charge in [-0.15, -0.1) is 0 Å². The number of hydrogen-bond acceptors (Lipinski definition) is 2. The summed E-state index contributed by atoms with van der Waals surface area (Å²) < 4.78 is 0. The lowest BCUT2D eigenvalue weighted by Crippen LogP contribution is -2.25. The topological polar surface area (TPSA) is 58.2 Å². The summed E-state index contributed by atoms with van der Waals surface area (Å²) in [4.78, 5) is 24.0. The first kappa shape index (κ1) is 46.4. The zero-order chi connectivity index (χ0) is 34.9. The molecule has 2 N–H and O–H groups in total. The van der Waals surface area contributed by atoms with Crippen molar-refractivity contribution in [2.45, 2.75) is 232 Å². The Hall–Kier alpha value is -1.58. The number of carbonyl (C=O) groups is 2. The summed E-state index contributed by atoms with van der Waals surface area (Å²) in [6, 6.07) is 0. The van der Waals surface area contributed by atoms with Crippen molar-refractivity contribution >= 4 is 11.8 Å². The average Bonchev–Trinajstić information content (AvgIpc) is 3.09. The molecule has 0 saturated heterocycles. The molecule has 0 aliphatic rings. The summed E-state index contributed by atoms with van der Waals surface area (Å²) in [5.74, 6) is 0.00321. The van der Waals surface area contributed by atoms with E-state index in [0.717, 1.165) is 25.7 Å². The number of rotatable bonds is 39. The fraction of sp³-hybridized carbons (Fsp3) is 0.864. The molecule has 0 aliphatic heterocycles. The summed E-state index contributed by atoms with van der Waals surface area (Å²) in [5, 5.41) is 5.92. The fourth-order valence-electron chi connectivity index (χ4n) is 6.44. The van der Waals surface area contributed by atoms with Gasteiger partial charge in [-0.1, -0.05) is 206 Å². The standard InChI is InChI=1S/C44H84N2O2/c1-3-5-7-9-11-13-15-17-19-21-23-25-27-29-31-33-35-39-43(47)45-41-37-38-42-46-44(48)40-36-34-32-30-28-26-24-22-20-18-16-14-12-10-8-6-4-2/h35-36,39-40H,3-34,37-38,41-42H2,1-2H3,(H,45,47)(H,46,48). The van der Waals surface area contributed by atoms with Gasteiger partial charge < -0.3 is 10.6 Å². The van der Waals surface area contributed by atoms with Gasteiger partial charge in [0.1, 0.15) is 0 Å². The first-order chi connectivity index (χ1) is 23.7. The van der Waals surface area contributed by atoms with E-state index in [1.807, 2.05) is 12.2 Å². The summed E-state index contributed by atoms with van der Waals surface area (Å²) in [6.45, 7) is 5.89. The number of carbonyl (C=O) groups excluding carboxylic acids is 2. The molecule has 0 aromatic heterocycles. The normalized spacial score (nSPS) is 11.6. The molecule has 0 heterocycles. The van der Waals surface area contributed by atoms with Crippen molar-refractivity contribution in [3.63, 3.8) is 0 Å². The van der Waals surface area contributed by atoms with Crippen molar-refractivity contribution in [1.82, 2.24) is 10.6 Å². The summed E-state index contributed by atoms with van der Waals surface area (Å²) in [6.07, 6.45) is 52.5. The lowest BCUT2D eigenvalue weighted by Gasteiger charge is -2.04. The zero-order valence-electron chi connectivity index (χ0n) is 32.6. The van der Waals surface area contributed by atoms with Gasteiger partial charge in [-0.25, -0.2) is 0 Å². The Bertz CT molecular complexity index is 657. The number of amides is 2. The molecule has 0 spiro atoms. The van der Waals surface area contributed by atoms with Crippen LogP contribution in [-0.2, 0) is 9.59 Å². The van der Waals surface area contributed by atoms with Gasteiger partial charge in [-0.3, -0.25) is 9.59 Å². The van der Waals surface area contributed by atoms with E-state index in [-0.39, 0.29) is 11.8 Å². The average molecular weight is 673 g/mol. The van der Waals surface area contributed by atoms with E-state index in [1.54, 1.807) is 12.2 Å². The molecule has 48 heavy (non-hydrogen) atoms. The summed E-state index contributed by atoms with van der Waals surface area (Å²) >= 11 is 0. The molecule has 4 nitrogen and oxygen atoms in total. The Morgan fingerprint density at radius 2 is 0.562 bits per heavy atom. The maximum atomic E-state index is 12.0. The zero-order valence-corrected chi connectivity index (χ0v) is 32.6. The highest BCUT2D eigenvalue weighted by atomic mass is 16.2. The van der Waals surface area contributed by atoms with E-state index in [0.29, 0.717) is 13.1 Å². The van der Waals surface area contributed by atoms with Crippen LogP contribution in [0.4, 0.5) is 0 Å². The van der Waals surface area contributed by atoms with Gasteiger partial charge in [-0.05, 0) is 50.7 Å². The van der Waals surface area contributed by atoms with Crippen LogP contribution in [0.1, 0.15) is 232 Å². The van der Waals surface area contributed by atoms with Crippen LogP contribution in [0.3, 0.4) is 0 Å². The molecule has 0 aromatic carbocycles. The molecule has 2 amide bonds. The second kappa shape index (κ2) is 41.6. The number of nitrogens with one attached hydrogen (secondary N) is 2. The highest BCUT2D eigenvalue weighted by molar-refractivity contribution is 5.87. The van der Waals surface area contributed by atoms with Gasteiger partial charge in [-0.2, -0.15) is 0 Å². The third kappa shape index (κ3) is 40.6. The van der Waals surface area contributed by atoms with Gasteiger partial charge in [0, 0.05) is 13.1 Å². The van der Waals surface area contributed by atoms with Gasteiger partial charge >= 0.3 is 0 Å². The second-order valence-corrected chi connectivity index (χ2v) is 14.6. The van der Waals surface area contributed by atoms with Crippen LogP contribution in [0.2, 0.25) is 0 Å². The molecule has 0 bridgehead atoms. The minimum absolute atomic E-state index is 0.00160. The second-order valence-electron chi connectivity index (χ2n) is 14.6. The van der Waals surface area contributed by atoms with E-state index in [9.17, 15) is 9.59 Å². The lowest BCUT2D eigenvalue weighted by atomic mass is 10.0. The van der Waals surface area contributed by atoms with Crippen LogP contribution in [0, 0.1) is 0 Å². The van der Waals surface area contributed by atoms with E-state index in [2.05, 4.69) is 24.5 Å². The third-order valence-electron chi connectivity index (χ3n) is 9.69. The predicted octanol–water partition coefficient (Wildman–Crippen LogP) is 13.6. The van der Waals surface area contributed by atoms with Crippen LogP contribution in [0.25, 0.3) is 0 Å². The van der Waals surface area contributed by atoms with Gasteiger partial charge in [0.2, 0.25) is 11.8 Å². The molecular formula is C44H84N2O2. The van der Waals surface area contributed by atoms with Crippen molar-refractivity contribution in [3.05, 3.63) is 24.3 Å². The van der Waals surface area contributed by atoms with E-state index < -0.39 is 0 Å². The third-order valence-corrected chi connectivity index (χ3v) is 9.69. The SMILES string of the molecule is CCCCCCCCCCCCCCCCCC=CC(=O)NCCCCNC(=O)C=CCCCCCCCCCCCCCCCCC. The molecule has 0 aliphatic carbocycles. The number of hydrogen-bond donors (Lipinski definition) is 2. The van der Waals surface area contributed by atoms with Crippen molar-refractivity contribution < 1.29 is 9.59 Å². The molecule has 0 radical (unpaired) electrons. The molecule has 0 aromatic rings. The highest BCUT2D eigenvalue weighted by Gasteiger charge is 1.99. The van der Waals surface area contributed by atoms with Crippen LogP contribution in [0.5, 0.6) is 0 Å². The lowest BCUT2D eigenvalue weighted by molar-refractivity contribution is -0.117. The van der Waals surface area contributed by atoms with Crippen molar-refractivity contribution in [1.29, 1.82) is 0 Å². The van der Waals surface area contributed by atoms with Crippen LogP contribution in [-0.4, -0.2) is 24.9 Å². The van der Waals surface area contributed by atoms with Crippen molar-refractivity contribution in [2.24, 2.45) is 0 Å². The van der Waals surface area contributed by atoms with Gasteiger partial charge in [0.15, 0.2) is 0 Å². The monoisotopic (exact) mass is 673 g/mol.